The lowest BCUT2D eigenvalue weighted by atomic mass is 10.2. The smallest absolute Gasteiger partial charge is 0.363 e. The van der Waals surface area contributed by atoms with E-state index in [4.69, 9.17) is 17.0 Å². The monoisotopic (exact) mass is 274 g/mol. The van der Waals surface area contributed by atoms with Gasteiger partial charge in [0.05, 0.1) is 26.2 Å². The van der Waals surface area contributed by atoms with E-state index in [1.807, 2.05) is 6.92 Å². The zero-order valence-electron chi connectivity index (χ0n) is 12.8. The van der Waals surface area contributed by atoms with Crippen molar-refractivity contribution in [2.45, 2.75) is 66.2 Å². The van der Waals surface area contributed by atoms with Crippen LogP contribution in [0.2, 0.25) is 0 Å². The number of hydrogen-bond acceptors (Lipinski definition) is 2. The first-order valence-corrected chi connectivity index (χ1v) is 8.11. The largest absolute Gasteiger partial charge is 0.443 e. The Labute approximate surface area is 119 Å². The number of hydrogen-bond donors (Lipinski definition) is 0. The molecule has 0 spiro atoms. The molecule has 0 bridgehead atoms. The number of quaternary nitrogens is 1. The second kappa shape index (κ2) is 10.7. The van der Waals surface area contributed by atoms with Crippen molar-refractivity contribution in [1.82, 2.24) is 0 Å². The molecular formula is C15H32NOS+. The van der Waals surface area contributed by atoms with Crippen molar-refractivity contribution in [2.24, 2.45) is 0 Å². The standard InChI is InChI=1S/C15H32NOS/c1-5-9-12-16(13-10-6-2,14-11-7-3)15(18)17-8-4/h5-14H2,1-4H3/q+1. The van der Waals surface area contributed by atoms with Crippen LogP contribution in [0.15, 0.2) is 0 Å². The molecule has 3 heteroatoms. The minimum Gasteiger partial charge on any atom is -0.443 e. The van der Waals surface area contributed by atoms with Crippen LogP contribution in [0.3, 0.4) is 0 Å². The summed E-state index contributed by atoms with van der Waals surface area (Å²) in [5, 5.41) is 0.827. The molecule has 0 aromatic rings. The summed E-state index contributed by atoms with van der Waals surface area (Å²) < 4.78 is 6.62. The van der Waals surface area contributed by atoms with Gasteiger partial charge in [0, 0.05) is 12.2 Å². The first kappa shape index (κ1) is 17.8. The average Bonchev–Trinajstić information content (AvgIpc) is 2.38. The van der Waals surface area contributed by atoms with Crippen molar-refractivity contribution in [3.05, 3.63) is 0 Å². The molecule has 0 aromatic carbocycles. The van der Waals surface area contributed by atoms with Gasteiger partial charge in [-0.2, -0.15) is 0 Å². The Morgan fingerprint density at radius 2 is 1.22 bits per heavy atom. The summed E-state index contributed by atoms with van der Waals surface area (Å²) in [6.07, 6.45) is 7.40. The van der Waals surface area contributed by atoms with E-state index in [-0.39, 0.29) is 0 Å². The van der Waals surface area contributed by atoms with Gasteiger partial charge < -0.3 is 4.74 Å². The van der Waals surface area contributed by atoms with Crippen LogP contribution < -0.4 is 0 Å². The molecule has 0 atom stereocenters. The Morgan fingerprint density at radius 1 is 0.833 bits per heavy atom. The van der Waals surface area contributed by atoms with Gasteiger partial charge in [-0.15, -0.1) is 0 Å². The lowest BCUT2D eigenvalue weighted by Crippen LogP contribution is -2.54. The molecule has 0 radical (unpaired) electrons. The fourth-order valence-electron chi connectivity index (χ4n) is 2.25. The maximum absolute atomic E-state index is 5.70. The number of nitrogens with zero attached hydrogens (tertiary/aromatic N) is 1. The summed E-state index contributed by atoms with van der Waals surface area (Å²) in [5.74, 6) is 0. The van der Waals surface area contributed by atoms with E-state index in [2.05, 4.69) is 20.8 Å². The molecule has 0 saturated carbocycles. The SMILES string of the molecule is CCCC[N+](CCCC)(CCCC)C(=S)OCC. The van der Waals surface area contributed by atoms with Gasteiger partial charge in [0.2, 0.25) is 0 Å². The van der Waals surface area contributed by atoms with Crippen LogP contribution in [-0.2, 0) is 4.74 Å². The molecule has 0 rings (SSSR count). The average molecular weight is 274 g/mol. The highest BCUT2D eigenvalue weighted by Crippen LogP contribution is 2.17. The van der Waals surface area contributed by atoms with Crippen LogP contribution in [0.25, 0.3) is 0 Å². The van der Waals surface area contributed by atoms with Crippen molar-refractivity contribution in [2.75, 3.05) is 26.2 Å². The molecule has 0 unspecified atom stereocenters. The molecule has 0 aliphatic carbocycles. The first-order valence-electron chi connectivity index (χ1n) is 7.70. The lowest BCUT2D eigenvalue weighted by molar-refractivity contribution is -0.849. The molecule has 0 saturated heterocycles. The van der Waals surface area contributed by atoms with E-state index >= 15 is 0 Å². The minimum absolute atomic E-state index is 0.698. The number of unbranched alkanes of at least 4 members (excludes halogenated alkanes) is 3. The number of ether oxygens (including phenoxy) is 1. The zero-order valence-corrected chi connectivity index (χ0v) is 13.7. The van der Waals surface area contributed by atoms with Crippen LogP contribution in [0.4, 0.5) is 0 Å². The highest BCUT2D eigenvalue weighted by Gasteiger charge is 2.33. The molecule has 0 aliphatic rings. The minimum atomic E-state index is 0.698. The third kappa shape index (κ3) is 6.14. The van der Waals surface area contributed by atoms with Gasteiger partial charge in [-0.1, -0.05) is 40.0 Å². The molecule has 0 heterocycles. The molecule has 0 N–H and O–H groups in total. The van der Waals surface area contributed by atoms with Crippen molar-refractivity contribution in [3.63, 3.8) is 0 Å². The van der Waals surface area contributed by atoms with Crippen LogP contribution in [-0.4, -0.2) is 35.9 Å². The van der Waals surface area contributed by atoms with Gasteiger partial charge in [0.25, 0.3) is 0 Å². The van der Waals surface area contributed by atoms with E-state index in [0.717, 1.165) is 29.3 Å². The summed E-state index contributed by atoms with van der Waals surface area (Å²) in [6, 6.07) is 0. The third-order valence-corrected chi connectivity index (χ3v) is 3.98. The maximum atomic E-state index is 5.70. The molecular weight excluding hydrogens is 242 g/mol. The number of thiocarbonyl (C=S) groups is 1. The predicted octanol–water partition coefficient (Wildman–Crippen LogP) is 4.52. The van der Waals surface area contributed by atoms with E-state index < -0.39 is 0 Å². The van der Waals surface area contributed by atoms with E-state index in [1.165, 1.54) is 38.5 Å². The van der Waals surface area contributed by atoms with Gasteiger partial charge in [0.15, 0.2) is 0 Å². The molecule has 18 heavy (non-hydrogen) atoms. The molecule has 0 amide bonds. The van der Waals surface area contributed by atoms with E-state index in [0.29, 0.717) is 6.61 Å². The zero-order chi connectivity index (χ0) is 13.9. The van der Waals surface area contributed by atoms with Crippen LogP contribution >= 0.6 is 12.2 Å². The summed E-state index contributed by atoms with van der Waals surface area (Å²) in [7, 11) is 0. The van der Waals surface area contributed by atoms with Gasteiger partial charge >= 0.3 is 5.17 Å². The Kier molecular flexibility index (Phi) is 10.7. The van der Waals surface area contributed by atoms with Crippen molar-refractivity contribution < 1.29 is 9.22 Å². The van der Waals surface area contributed by atoms with Gasteiger partial charge in [-0.05, 0) is 26.2 Å². The Balaban J connectivity index is 4.78. The van der Waals surface area contributed by atoms with Crippen molar-refractivity contribution in [1.29, 1.82) is 0 Å². The fourth-order valence-corrected chi connectivity index (χ4v) is 2.64. The predicted molar refractivity (Wildman–Crippen MR) is 83.8 cm³/mol. The summed E-state index contributed by atoms with van der Waals surface area (Å²) >= 11 is 5.58. The van der Waals surface area contributed by atoms with Gasteiger partial charge in [-0.25, -0.2) is 4.48 Å². The highest BCUT2D eigenvalue weighted by atomic mass is 32.1. The van der Waals surface area contributed by atoms with Gasteiger partial charge in [-0.3, -0.25) is 0 Å². The molecule has 2 nitrogen and oxygen atoms in total. The summed E-state index contributed by atoms with van der Waals surface area (Å²) in [4.78, 5) is 0. The molecule has 0 fully saturated rings. The number of rotatable bonds is 10. The van der Waals surface area contributed by atoms with Crippen LogP contribution in [0.5, 0.6) is 0 Å². The highest BCUT2D eigenvalue weighted by molar-refractivity contribution is 7.79. The molecule has 0 aliphatic heterocycles. The summed E-state index contributed by atoms with van der Waals surface area (Å²) in [5.41, 5.74) is 0. The topological polar surface area (TPSA) is 9.23 Å². The molecule has 0 aromatic heterocycles. The second-order valence-corrected chi connectivity index (χ2v) is 5.42. The maximum Gasteiger partial charge on any atom is 0.363 e. The second-order valence-electron chi connectivity index (χ2n) is 5.08. The van der Waals surface area contributed by atoms with E-state index in [1.54, 1.807) is 0 Å². The lowest BCUT2D eigenvalue weighted by Gasteiger charge is -2.37. The Bertz CT molecular complexity index is 197. The fraction of sp³-hybridized carbons (Fsp3) is 0.933. The van der Waals surface area contributed by atoms with Crippen molar-refractivity contribution >= 4 is 17.4 Å². The van der Waals surface area contributed by atoms with Gasteiger partial charge in [0.1, 0.15) is 0 Å². The normalized spacial score (nSPS) is 11.6. The van der Waals surface area contributed by atoms with Crippen LogP contribution in [0.1, 0.15) is 66.2 Å². The third-order valence-electron chi connectivity index (χ3n) is 3.47. The molecule has 108 valence electrons. The van der Waals surface area contributed by atoms with E-state index in [9.17, 15) is 0 Å². The van der Waals surface area contributed by atoms with Crippen LogP contribution in [0, 0.1) is 0 Å². The quantitative estimate of drug-likeness (QED) is 0.428. The van der Waals surface area contributed by atoms with Crippen molar-refractivity contribution in [3.8, 4) is 0 Å². The summed E-state index contributed by atoms with van der Waals surface area (Å²) in [6.45, 7) is 12.9. The Hall–Kier alpha value is -0.150. The first-order chi connectivity index (χ1) is 8.66. The Morgan fingerprint density at radius 3 is 1.50 bits per heavy atom.